The number of rotatable bonds is 4. The molecule has 110 valence electrons. The molecule has 0 radical (unpaired) electrons. The van der Waals surface area contributed by atoms with Gasteiger partial charge in [0.1, 0.15) is 0 Å². The van der Waals surface area contributed by atoms with Crippen LogP contribution in [-0.4, -0.2) is 34.1 Å². The largest absolute Gasteiger partial charge is 0.338 e. The lowest BCUT2D eigenvalue weighted by Gasteiger charge is -2.29. The minimum absolute atomic E-state index is 0.0636. The lowest BCUT2D eigenvalue weighted by atomic mass is 9.93. The third kappa shape index (κ3) is 2.99. The van der Waals surface area contributed by atoms with E-state index in [1.165, 1.54) is 18.4 Å². The number of aromatic nitrogens is 2. The van der Waals surface area contributed by atoms with Gasteiger partial charge in [0.25, 0.3) is 5.91 Å². The zero-order valence-electron chi connectivity index (χ0n) is 12.3. The predicted molar refractivity (Wildman–Crippen MR) is 82.0 cm³/mol. The van der Waals surface area contributed by atoms with Crippen molar-refractivity contribution in [2.75, 3.05) is 7.05 Å². The quantitative estimate of drug-likeness (QED) is 0.938. The molecule has 0 unspecified atom stereocenters. The summed E-state index contributed by atoms with van der Waals surface area (Å²) in [7, 11) is 1.92. The maximum atomic E-state index is 12.5. The Bertz CT molecular complexity index is 579. The van der Waals surface area contributed by atoms with E-state index in [-0.39, 0.29) is 5.91 Å². The average Bonchev–Trinajstić information content (AvgIpc) is 3.18. The lowest BCUT2D eigenvalue weighted by molar-refractivity contribution is 0.0696. The highest BCUT2D eigenvalue weighted by Crippen LogP contribution is 2.32. The number of H-pyrrole nitrogens is 1. The highest BCUT2D eigenvalue weighted by molar-refractivity contribution is 5.93. The smallest absolute Gasteiger partial charge is 0.257 e. The van der Waals surface area contributed by atoms with Gasteiger partial charge in [-0.15, -0.1) is 0 Å². The Labute approximate surface area is 125 Å². The van der Waals surface area contributed by atoms with Crippen LogP contribution in [0.5, 0.6) is 0 Å². The van der Waals surface area contributed by atoms with Crippen LogP contribution in [-0.2, 0) is 6.42 Å². The van der Waals surface area contributed by atoms with E-state index in [9.17, 15) is 4.79 Å². The number of benzene rings is 1. The third-order valence-corrected chi connectivity index (χ3v) is 4.52. The molecule has 0 bridgehead atoms. The van der Waals surface area contributed by atoms with Gasteiger partial charge in [-0.2, -0.15) is 5.10 Å². The molecule has 1 heterocycles. The topological polar surface area (TPSA) is 49.0 Å². The molecular formula is C17H21N3O. The zero-order chi connectivity index (χ0) is 14.7. The van der Waals surface area contributed by atoms with E-state index >= 15 is 0 Å². The fourth-order valence-electron chi connectivity index (χ4n) is 3.40. The first kappa shape index (κ1) is 13.9. The summed E-state index contributed by atoms with van der Waals surface area (Å²) in [5.74, 6) is 0.613. The molecule has 2 aromatic rings. The first-order chi connectivity index (χ1) is 10.3. The molecule has 21 heavy (non-hydrogen) atoms. The van der Waals surface area contributed by atoms with Gasteiger partial charge in [-0.05, 0) is 30.7 Å². The summed E-state index contributed by atoms with van der Waals surface area (Å²) < 4.78 is 0. The molecule has 0 spiro atoms. The molecule has 0 aliphatic heterocycles. The van der Waals surface area contributed by atoms with Gasteiger partial charge >= 0.3 is 0 Å². The van der Waals surface area contributed by atoms with Gasteiger partial charge in [-0.25, -0.2) is 0 Å². The van der Waals surface area contributed by atoms with E-state index in [2.05, 4.69) is 34.5 Å². The van der Waals surface area contributed by atoms with Crippen molar-refractivity contribution in [3.8, 4) is 0 Å². The lowest BCUT2D eigenvalue weighted by Crippen LogP contribution is -2.39. The van der Waals surface area contributed by atoms with Gasteiger partial charge in [0.05, 0.1) is 11.8 Å². The van der Waals surface area contributed by atoms with Crippen molar-refractivity contribution in [1.29, 1.82) is 0 Å². The second kappa shape index (κ2) is 6.12. The fourth-order valence-corrected chi connectivity index (χ4v) is 3.40. The van der Waals surface area contributed by atoms with Gasteiger partial charge in [-0.3, -0.25) is 9.89 Å². The second-order valence-electron chi connectivity index (χ2n) is 5.85. The van der Waals surface area contributed by atoms with E-state index in [0.717, 1.165) is 12.8 Å². The van der Waals surface area contributed by atoms with Crippen LogP contribution in [0.25, 0.3) is 0 Å². The summed E-state index contributed by atoms with van der Waals surface area (Å²) in [6.07, 6.45) is 7.81. The van der Waals surface area contributed by atoms with Crippen LogP contribution >= 0.6 is 0 Å². The summed E-state index contributed by atoms with van der Waals surface area (Å²) in [4.78, 5) is 14.4. The summed E-state index contributed by atoms with van der Waals surface area (Å²) in [6, 6.07) is 10.9. The normalized spacial score (nSPS) is 21.4. The van der Waals surface area contributed by atoms with Crippen molar-refractivity contribution >= 4 is 5.91 Å². The summed E-state index contributed by atoms with van der Waals surface area (Å²) in [5, 5.41) is 6.58. The third-order valence-electron chi connectivity index (χ3n) is 4.52. The molecule has 1 amide bonds. The maximum absolute atomic E-state index is 12.5. The molecule has 4 heteroatoms. The molecule has 4 nitrogen and oxygen atoms in total. The number of carbonyl (C=O) groups is 1. The van der Waals surface area contributed by atoms with Crippen molar-refractivity contribution in [3.63, 3.8) is 0 Å². The Kier molecular flexibility index (Phi) is 4.04. The van der Waals surface area contributed by atoms with Crippen LogP contribution in [0.3, 0.4) is 0 Å². The summed E-state index contributed by atoms with van der Waals surface area (Å²) in [6.45, 7) is 0. The van der Waals surface area contributed by atoms with Crippen LogP contribution < -0.4 is 0 Å². The molecule has 1 aromatic heterocycles. The summed E-state index contributed by atoms with van der Waals surface area (Å²) in [5.41, 5.74) is 2.00. The van der Waals surface area contributed by atoms with Gasteiger partial charge in [0.15, 0.2) is 0 Å². The number of hydrogen-bond donors (Lipinski definition) is 1. The second-order valence-corrected chi connectivity index (χ2v) is 5.85. The van der Waals surface area contributed by atoms with Crippen LogP contribution in [0.2, 0.25) is 0 Å². The van der Waals surface area contributed by atoms with Gasteiger partial charge in [0, 0.05) is 19.3 Å². The van der Waals surface area contributed by atoms with Crippen molar-refractivity contribution < 1.29 is 4.79 Å². The number of aromatic amines is 1. The average molecular weight is 283 g/mol. The minimum Gasteiger partial charge on any atom is -0.338 e. The van der Waals surface area contributed by atoms with Crippen molar-refractivity contribution in [2.45, 2.75) is 31.7 Å². The Morgan fingerprint density at radius 2 is 2.14 bits per heavy atom. The van der Waals surface area contributed by atoms with Crippen LogP contribution in [0, 0.1) is 5.92 Å². The number of carbonyl (C=O) groups excluding carboxylic acids is 1. The molecule has 1 aromatic carbocycles. The Morgan fingerprint density at radius 3 is 2.86 bits per heavy atom. The Hall–Kier alpha value is -2.10. The zero-order valence-corrected chi connectivity index (χ0v) is 12.3. The van der Waals surface area contributed by atoms with Crippen molar-refractivity contribution in [3.05, 3.63) is 53.9 Å². The maximum Gasteiger partial charge on any atom is 0.257 e. The fraction of sp³-hybridized carbons (Fsp3) is 0.412. The number of nitrogens with zero attached hydrogens (tertiary/aromatic N) is 2. The molecule has 1 aliphatic carbocycles. The molecule has 3 rings (SSSR count). The standard InChI is InChI=1S/C17H21N3O/c1-20(17(21)15-11-18-19-12-15)16-9-5-8-14(16)10-13-6-3-2-4-7-13/h2-4,6-7,11-12,14,16H,5,8-10H2,1H3,(H,18,19)/t14-,16+/m1/s1. The highest BCUT2D eigenvalue weighted by atomic mass is 16.2. The van der Waals surface area contributed by atoms with Crippen LogP contribution in [0.1, 0.15) is 35.2 Å². The van der Waals surface area contributed by atoms with Crippen LogP contribution in [0.15, 0.2) is 42.7 Å². The first-order valence-electron chi connectivity index (χ1n) is 7.55. The first-order valence-corrected chi connectivity index (χ1v) is 7.55. The number of nitrogens with one attached hydrogen (secondary N) is 1. The molecule has 1 fully saturated rings. The Balaban J connectivity index is 1.70. The molecule has 1 aliphatic rings. The number of hydrogen-bond acceptors (Lipinski definition) is 2. The van der Waals surface area contributed by atoms with Gasteiger partial charge in [-0.1, -0.05) is 36.8 Å². The van der Waals surface area contributed by atoms with E-state index in [1.54, 1.807) is 12.4 Å². The van der Waals surface area contributed by atoms with E-state index in [1.807, 2.05) is 18.0 Å². The van der Waals surface area contributed by atoms with Crippen molar-refractivity contribution in [1.82, 2.24) is 15.1 Å². The van der Waals surface area contributed by atoms with Gasteiger partial charge in [0.2, 0.25) is 0 Å². The number of amides is 1. The molecule has 2 atom stereocenters. The predicted octanol–water partition coefficient (Wildman–Crippen LogP) is 2.89. The van der Waals surface area contributed by atoms with E-state index in [4.69, 9.17) is 0 Å². The SMILES string of the molecule is CN(C(=O)c1cn[nH]c1)[C@H]1CCC[C@@H]1Cc1ccccc1. The van der Waals surface area contributed by atoms with E-state index in [0.29, 0.717) is 17.5 Å². The van der Waals surface area contributed by atoms with Crippen molar-refractivity contribution in [2.24, 2.45) is 5.92 Å². The monoisotopic (exact) mass is 283 g/mol. The Morgan fingerprint density at radius 1 is 1.33 bits per heavy atom. The molecule has 1 saturated carbocycles. The van der Waals surface area contributed by atoms with E-state index < -0.39 is 0 Å². The van der Waals surface area contributed by atoms with Crippen LogP contribution in [0.4, 0.5) is 0 Å². The minimum atomic E-state index is 0.0636. The molecule has 0 saturated heterocycles. The molecule has 1 N–H and O–H groups in total. The summed E-state index contributed by atoms with van der Waals surface area (Å²) >= 11 is 0. The highest BCUT2D eigenvalue weighted by Gasteiger charge is 2.33. The molecular weight excluding hydrogens is 262 g/mol. The van der Waals surface area contributed by atoms with Gasteiger partial charge < -0.3 is 4.90 Å².